The van der Waals surface area contributed by atoms with Crippen LogP contribution in [0.25, 0.3) is 0 Å². The van der Waals surface area contributed by atoms with Crippen molar-refractivity contribution >= 4 is 5.78 Å². The van der Waals surface area contributed by atoms with Gasteiger partial charge in [0, 0.05) is 17.8 Å². The van der Waals surface area contributed by atoms with E-state index in [1.54, 1.807) is 13.0 Å². The topological polar surface area (TPSA) is 105 Å². The average Bonchev–Trinajstić information content (AvgIpc) is 3.64. The van der Waals surface area contributed by atoms with Crippen LogP contribution in [0.4, 0.5) is 0 Å². The van der Waals surface area contributed by atoms with E-state index in [0.717, 1.165) is 36.8 Å². The molecule has 0 unspecified atom stereocenters. The van der Waals surface area contributed by atoms with Crippen molar-refractivity contribution in [2.75, 3.05) is 13.2 Å². The van der Waals surface area contributed by atoms with E-state index in [2.05, 4.69) is 56.6 Å². The first-order valence-corrected chi connectivity index (χ1v) is 19.8. The smallest absolute Gasteiger partial charge is 0.170 e. The molecule has 5 aliphatic carbocycles. The second-order valence-electron chi connectivity index (χ2n) is 18.2. The lowest BCUT2D eigenvalue weighted by atomic mass is 9.42. The molecule has 0 amide bonds. The van der Waals surface area contributed by atoms with Crippen molar-refractivity contribution < 1.29 is 34.3 Å². The van der Waals surface area contributed by atoms with Gasteiger partial charge in [-0.15, -0.1) is 0 Å². The zero-order valence-electron chi connectivity index (χ0n) is 31.0. The Balaban J connectivity index is 1.21. The molecule has 10 aliphatic rings. The van der Waals surface area contributed by atoms with E-state index >= 15 is 0 Å². The Kier molecular flexibility index (Phi) is 8.16. The number of allylic oxidation sites excluding steroid dienone is 2. The van der Waals surface area contributed by atoms with E-state index in [1.165, 1.54) is 0 Å². The molecule has 1 aromatic carbocycles. The Morgan fingerprint density at radius 2 is 1.79 bits per heavy atom. The number of ketones is 1. The van der Waals surface area contributed by atoms with E-state index in [0.29, 0.717) is 32.3 Å². The fraction of sp³-hybridized carbons (Fsp3) is 0.667. The van der Waals surface area contributed by atoms with Gasteiger partial charge in [-0.1, -0.05) is 80.9 Å². The molecule has 11 rings (SSSR count). The summed E-state index contributed by atoms with van der Waals surface area (Å²) in [6.45, 7) is 9.00. The molecule has 276 valence electrons. The summed E-state index contributed by atoms with van der Waals surface area (Å²) in [4.78, 5) is 14.5. The van der Waals surface area contributed by atoms with Crippen molar-refractivity contribution in [2.45, 2.75) is 126 Å². The summed E-state index contributed by atoms with van der Waals surface area (Å²) in [6.07, 6.45) is 8.86. The van der Waals surface area contributed by atoms with E-state index < -0.39 is 40.5 Å². The maximum absolute atomic E-state index is 14.5. The van der Waals surface area contributed by atoms with Crippen LogP contribution in [0.3, 0.4) is 0 Å². The Hall–Kier alpha value is -2.75. The maximum atomic E-state index is 14.5. The molecule has 3 N–H and O–H groups in total. The van der Waals surface area contributed by atoms with Crippen LogP contribution in [0.15, 0.2) is 54.1 Å². The largest absolute Gasteiger partial charge is 0.387 e. The molecule has 3 saturated carbocycles. The number of benzene rings is 1. The summed E-state index contributed by atoms with van der Waals surface area (Å²) in [7, 11) is 0. The van der Waals surface area contributed by atoms with Gasteiger partial charge in [0.15, 0.2) is 11.4 Å². The van der Waals surface area contributed by atoms with Crippen molar-refractivity contribution in [3.8, 4) is 23.7 Å². The fourth-order valence-corrected chi connectivity index (χ4v) is 13.1. The molecule has 0 radical (unpaired) electrons. The van der Waals surface area contributed by atoms with Gasteiger partial charge in [-0.05, 0) is 110 Å². The van der Waals surface area contributed by atoms with Gasteiger partial charge in [0.25, 0.3) is 0 Å². The van der Waals surface area contributed by atoms with E-state index in [9.17, 15) is 20.1 Å². The molecule has 5 aliphatic heterocycles. The highest BCUT2D eigenvalue weighted by atomic mass is 16.5. The predicted molar refractivity (Wildman–Crippen MR) is 195 cm³/mol. The van der Waals surface area contributed by atoms with Gasteiger partial charge in [0.1, 0.15) is 18.8 Å². The molecule has 1 spiro atoms. The minimum absolute atomic E-state index is 0.0141. The Bertz CT molecular complexity index is 1810. The summed E-state index contributed by atoms with van der Waals surface area (Å²) in [5.74, 6) is 13.0. The minimum Gasteiger partial charge on any atom is -0.387 e. The van der Waals surface area contributed by atoms with Crippen LogP contribution >= 0.6 is 0 Å². The third kappa shape index (κ3) is 4.79. The predicted octanol–water partition coefficient (Wildman–Crippen LogP) is 5.53. The lowest BCUT2D eigenvalue weighted by Crippen LogP contribution is -2.66. The lowest BCUT2D eigenvalue weighted by molar-refractivity contribution is -0.220. The molecule has 4 fully saturated rings. The van der Waals surface area contributed by atoms with Crippen LogP contribution in [-0.4, -0.2) is 75.5 Å². The summed E-state index contributed by atoms with van der Waals surface area (Å²) in [5.41, 5.74) is -2.80. The Morgan fingerprint density at radius 1 is 0.981 bits per heavy atom. The molecule has 8 bridgehead atoms. The number of rotatable bonds is 1. The van der Waals surface area contributed by atoms with Crippen molar-refractivity contribution in [3.05, 3.63) is 59.7 Å². The third-order valence-corrected chi connectivity index (χ3v) is 16.0. The highest BCUT2D eigenvalue weighted by Crippen LogP contribution is 2.72. The molecule has 1 aromatic rings. The highest BCUT2D eigenvalue weighted by Gasteiger charge is 2.73. The molecule has 0 aromatic heterocycles. The van der Waals surface area contributed by atoms with Gasteiger partial charge in [-0.3, -0.25) is 4.79 Å². The number of carbonyl (C=O) groups is 1. The van der Waals surface area contributed by atoms with Crippen LogP contribution in [0.2, 0.25) is 0 Å². The highest BCUT2D eigenvalue weighted by molar-refractivity contribution is 5.95. The molecule has 7 nitrogen and oxygen atoms in total. The van der Waals surface area contributed by atoms with Gasteiger partial charge in [0.05, 0.1) is 35.9 Å². The van der Waals surface area contributed by atoms with Crippen molar-refractivity contribution in [2.24, 2.45) is 46.3 Å². The van der Waals surface area contributed by atoms with Crippen molar-refractivity contribution in [1.29, 1.82) is 0 Å². The second-order valence-corrected chi connectivity index (χ2v) is 18.2. The molecule has 1 saturated heterocycles. The Morgan fingerprint density at radius 3 is 2.60 bits per heavy atom. The summed E-state index contributed by atoms with van der Waals surface area (Å²) in [5, 5.41) is 37.2. The van der Waals surface area contributed by atoms with E-state index in [1.807, 2.05) is 30.4 Å². The SMILES string of the molecule is C[C@H]1[C@@H]2CC=C[C@]3(O)C#CC[C@@H]4C[C@@H]5C6=CC(=O)[C@H]7C[C@H](CC[C@@]75C)OC[C@@H](c5ccccc5)C#CCO[C@]65CC[C@@H]([C@](C)(O)[C@H](O)[C@H]1O[C@@H]23)[C@@]45C. The molecule has 7 heteroatoms. The molecule has 5 heterocycles. The van der Waals surface area contributed by atoms with Crippen LogP contribution in [0, 0.1) is 70.0 Å². The van der Waals surface area contributed by atoms with Gasteiger partial charge >= 0.3 is 0 Å². The minimum atomic E-state index is -1.55. The van der Waals surface area contributed by atoms with Gasteiger partial charge in [-0.2, -0.15) is 0 Å². The fourth-order valence-electron chi connectivity index (χ4n) is 13.1. The zero-order chi connectivity index (χ0) is 36.3. The monoisotopic (exact) mass is 706 g/mol. The first kappa shape index (κ1) is 35.0. The van der Waals surface area contributed by atoms with Crippen LogP contribution in [0.5, 0.6) is 0 Å². The molecule has 52 heavy (non-hydrogen) atoms. The normalized spacial score (nSPS) is 51.8. The quantitative estimate of drug-likeness (QED) is 0.261. The number of fused-ring (bicyclic) bond motifs is 3. The second kappa shape index (κ2) is 12.1. The summed E-state index contributed by atoms with van der Waals surface area (Å²) < 4.78 is 20.4. The van der Waals surface area contributed by atoms with Gasteiger partial charge in [0.2, 0.25) is 0 Å². The third-order valence-electron chi connectivity index (χ3n) is 16.0. The number of aliphatic hydroxyl groups excluding tert-OH is 1. The summed E-state index contributed by atoms with van der Waals surface area (Å²) in [6, 6.07) is 10.3. The first-order valence-electron chi connectivity index (χ1n) is 19.8. The number of aliphatic hydroxyl groups is 3. The standard InChI is InChI=1S/C45H54O7/c1-27-32-15-9-19-44(49)18-8-14-30-23-33-34-25-36(46)35-24-31(16-20-41(33,35)2)50-26-29(28-11-6-5-7-12-28)13-10-22-51-45(34)21-17-37(42(30,45)3)43(4,48)39(47)38(27)52-40(32)44/h5-7,9,11-12,19,25,27,29-33,35,37-40,47-49H,14-17,20-24,26H2,1-4H3/t27-,29-,30+,31-,32-,33+,35+,37+,38-,39+,40-,41+,42+,43-,44+,45+/m0/s1. The van der Waals surface area contributed by atoms with E-state index in [4.69, 9.17) is 14.2 Å². The lowest BCUT2D eigenvalue weighted by Gasteiger charge is -2.64. The maximum Gasteiger partial charge on any atom is 0.170 e. The molecular weight excluding hydrogens is 652 g/mol. The number of hydrogen-bond acceptors (Lipinski definition) is 7. The number of carbonyl (C=O) groups excluding carboxylic acids is 1. The van der Waals surface area contributed by atoms with Crippen molar-refractivity contribution in [3.63, 3.8) is 0 Å². The molecule has 16 atom stereocenters. The van der Waals surface area contributed by atoms with E-state index in [-0.39, 0.29) is 65.3 Å². The van der Waals surface area contributed by atoms with Gasteiger partial charge in [-0.25, -0.2) is 0 Å². The Labute approximate surface area is 308 Å². The summed E-state index contributed by atoms with van der Waals surface area (Å²) >= 11 is 0. The zero-order valence-corrected chi connectivity index (χ0v) is 31.0. The first-order chi connectivity index (χ1) is 24.8. The van der Waals surface area contributed by atoms with Crippen LogP contribution in [0.1, 0.15) is 90.5 Å². The molecular formula is C45H54O7. The van der Waals surface area contributed by atoms with Gasteiger partial charge < -0.3 is 29.5 Å². The number of ether oxygens (including phenoxy) is 3. The number of hydrogen-bond donors (Lipinski definition) is 3. The van der Waals surface area contributed by atoms with Crippen LogP contribution in [-0.2, 0) is 19.0 Å². The van der Waals surface area contributed by atoms with Crippen molar-refractivity contribution in [1.82, 2.24) is 0 Å². The van der Waals surface area contributed by atoms with Crippen LogP contribution < -0.4 is 0 Å². The average molecular weight is 707 g/mol.